The van der Waals surface area contributed by atoms with Crippen molar-refractivity contribution in [1.29, 1.82) is 0 Å². The first-order valence-electron chi connectivity index (χ1n) is 4.78. The van der Waals surface area contributed by atoms with Gasteiger partial charge in [0.25, 0.3) is 0 Å². The summed E-state index contributed by atoms with van der Waals surface area (Å²) in [7, 11) is 0. The van der Waals surface area contributed by atoms with Gasteiger partial charge in [0, 0.05) is 18.2 Å². The van der Waals surface area contributed by atoms with Gasteiger partial charge in [-0.05, 0) is 23.3 Å². The van der Waals surface area contributed by atoms with E-state index in [0.29, 0.717) is 17.9 Å². The molecule has 0 saturated carbocycles. The molecular weight excluding hydrogens is 186 g/mol. The normalized spacial score (nSPS) is 10.1. The topological polar surface area (TPSA) is 46.2 Å². The minimum absolute atomic E-state index is 0.323. The van der Waals surface area contributed by atoms with Gasteiger partial charge in [0.2, 0.25) is 0 Å². The first kappa shape index (κ1) is 9.59. The van der Waals surface area contributed by atoms with E-state index in [1.807, 2.05) is 30.3 Å². The molecule has 0 heterocycles. The molecule has 2 aromatic rings. The van der Waals surface area contributed by atoms with Crippen molar-refractivity contribution in [3.05, 3.63) is 59.7 Å². The second kappa shape index (κ2) is 4.05. The van der Waals surface area contributed by atoms with Crippen molar-refractivity contribution in [2.75, 3.05) is 5.73 Å². The molecule has 0 bridgehead atoms. The SMILES string of the molecule is Nc1[c]ccc(Cc2ccccc2O)c1. The molecule has 0 aromatic heterocycles. The zero-order chi connectivity index (χ0) is 10.7. The van der Waals surface area contributed by atoms with Crippen LogP contribution in [0.25, 0.3) is 0 Å². The summed E-state index contributed by atoms with van der Waals surface area (Å²) in [6, 6.07) is 15.8. The lowest BCUT2D eigenvalue weighted by atomic mass is 10.0. The van der Waals surface area contributed by atoms with Gasteiger partial charge in [-0.25, -0.2) is 0 Å². The summed E-state index contributed by atoms with van der Waals surface area (Å²) in [5.41, 5.74) is 8.24. The van der Waals surface area contributed by atoms with E-state index >= 15 is 0 Å². The summed E-state index contributed by atoms with van der Waals surface area (Å²) in [6.45, 7) is 0. The molecule has 75 valence electrons. The van der Waals surface area contributed by atoms with Crippen LogP contribution in [0.1, 0.15) is 11.1 Å². The van der Waals surface area contributed by atoms with Gasteiger partial charge >= 0.3 is 0 Å². The molecule has 0 aliphatic rings. The van der Waals surface area contributed by atoms with Crippen LogP contribution in [-0.2, 0) is 6.42 Å². The van der Waals surface area contributed by atoms with Crippen LogP contribution >= 0.6 is 0 Å². The second-order valence-electron chi connectivity index (χ2n) is 3.46. The molecule has 2 aromatic carbocycles. The number of hydrogen-bond acceptors (Lipinski definition) is 2. The van der Waals surface area contributed by atoms with Gasteiger partial charge in [0.05, 0.1) is 0 Å². The van der Waals surface area contributed by atoms with E-state index in [4.69, 9.17) is 5.73 Å². The van der Waals surface area contributed by atoms with Crippen molar-refractivity contribution in [2.24, 2.45) is 0 Å². The Morgan fingerprint density at radius 3 is 2.73 bits per heavy atom. The molecule has 0 fully saturated rings. The number of benzene rings is 2. The van der Waals surface area contributed by atoms with Crippen molar-refractivity contribution in [3.63, 3.8) is 0 Å². The van der Waals surface area contributed by atoms with Crippen LogP contribution in [0.4, 0.5) is 5.69 Å². The number of phenolic OH excluding ortho intramolecular Hbond substituents is 1. The summed E-state index contributed by atoms with van der Waals surface area (Å²) < 4.78 is 0. The number of phenols is 1. The minimum atomic E-state index is 0.323. The van der Waals surface area contributed by atoms with E-state index < -0.39 is 0 Å². The van der Waals surface area contributed by atoms with Gasteiger partial charge in [0.15, 0.2) is 0 Å². The van der Waals surface area contributed by atoms with Crippen LogP contribution in [0.2, 0.25) is 0 Å². The standard InChI is InChI=1S/C13H12NO/c14-12-6-3-4-10(9-12)8-11-5-1-2-7-13(11)15/h1-5,7,9,15H,8,14H2. The number of hydrogen-bond donors (Lipinski definition) is 2. The van der Waals surface area contributed by atoms with E-state index in [2.05, 4.69) is 6.07 Å². The van der Waals surface area contributed by atoms with E-state index in [-0.39, 0.29) is 0 Å². The smallest absolute Gasteiger partial charge is 0.119 e. The summed E-state index contributed by atoms with van der Waals surface area (Å²) in [5.74, 6) is 0.323. The largest absolute Gasteiger partial charge is 0.508 e. The average Bonchev–Trinajstić information content (AvgIpc) is 2.22. The van der Waals surface area contributed by atoms with Gasteiger partial charge in [-0.1, -0.05) is 30.3 Å². The molecular formula is C13H12NO. The summed E-state index contributed by atoms with van der Waals surface area (Å²) in [6.07, 6.45) is 0.686. The molecule has 0 unspecified atom stereocenters. The predicted octanol–water partition coefficient (Wildman–Crippen LogP) is 2.37. The first-order valence-corrected chi connectivity index (χ1v) is 4.78. The Morgan fingerprint density at radius 2 is 2.00 bits per heavy atom. The monoisotopic (exact) mass is 198 g/mol. The molecule has 0 spiro atoms. The van der Waals surface area contributed by atoms with E-state index in [1.54, 1.807) is 12.1 Å². The molecule has 15 heavy (non-hydrogen) atoms. The van der Waals surface area contributed by atoms with Crippen molar-refractivity contribution in [2.45, 2.75) is 6.42 Å². The average molecular weight is 198 g/mol. The molecule has 1 radical (unpaired) electrons. The maximum absolute atomic E-state index is 9.60. The van der Waals surface area contributed by atoms with Crippen LogP contribution in [0.3, 0.4) is 0 Å². The van der Waals surface area contributed by atoms with E-state index in [9.17, 15) is 5.11 Å². The maximum atomic E-state index is 9.60. The summed E-state index contributed by atoms with van der Waals surface area (Å²) in [4.78, 5) is 0. The maximum Gasteiger partial charge on any atom is 0.119 e. The zero-order valence-corrected chi connectivity index (χ0v) is 8.27. The fourth-order valence-corrected chi connectivity index (χ4v) is 1.52. The highest BCUT2D eigenvalue weighted by molar-refractivity contribution is 5.43. The van der Waals surface area contributed by atoms with Crippen LogP contribution in [0, 0.1) is 6.07 Å². The Morgan fingerprint density at radius 1 is 1.20 bits per heavy atom. The molecule has 0 atom stereocenters. The van der Waals surface area contributed by atoms with Crippen LogP contribution < -0.4 is 5.73 Å². The van der Waals surface area contributed by atoms with Crippen LogP contribution in [0.15, 0.2) is 42.5 Å². The molecule has 2 nitrogen and oxygen atoms in total. The fourth-order valence-electron chi connectivity index (χ4n) is 1.52. The molecule has 2 heteroatoms. The van der Waals surface area contributed by atoms with Gasteiger partial charge in [-0.15, -0.1) is 0 Å². The molecule has 2 rings (SSSR count). The zero-order valence-electron chi connectivity index (χ0n) is 8.27. The highest BCUT2D eigenvalue weighted by atomic mass is 16.3. The van der Waals surface area contributed by atoms with Crippen molar-refractivity contribution >= 4 is 5.69 Å². The number of nitrogens with two attached hydrogens (primary N) is 1. The highest BCUT2D eigenvalue weighted by Crippen LogP contribution is 2.20. The number of nitrogen functional groups attached to an aromatic ring is 1. The van der Waals surface area contributed by atoms with E-state index in [1.165, 1.54) is 0 Å². The molecule has 0 aliphatic carbocycles. The highest BCUT2D eigenvalue weighted by Gasteiger charge is 2.01. The minimum Gasteiger partial charge on any atom is -0.508 e. The molecule has 3 N–H and O–H groups in total. The Hall–Kier alpha value is -1.96. The lowest BCUT2D eigenvalue weighted by Crippen LogP contribution is -1.91. The Bertz CT molecular complexity index is 466. The lowest BCUT2D eigenvalue weighted by molar-refractivity contribution is 0.469. The van der Waals surface area contributed by atoms with Crippen molar-refractivity contribution < 1.29 is 5.11 Å². The number of aromatic hydroxyl groups is 1. The summed E-state index contributed by atoms with van der Waals surface area (Å²) >= 11 is 0. The quantitative estimate of drug-likeness (QED) is 0.728. The fraction of sp³-hybridized carbons (Fsp3) is 0.0769. The molecule has 0 amide bonds. The lowest BCUT2D eigenvalue weighted by Gasteiger charge is -2.04. The first-order chi connectivity index (χ1) is 7.25. The summed E-state index contributed by atoms with van der Waals surface area (Å²) in [5, 5.41) is 9.60. The van der Waals surface area contributed by atoms with Gasteiger partial charge in [0.1, 0.15) is 5.75 Å². The van der Waals surface area contributed by atoms with Crippen molar-refractivity contribution in [1.82, 2.24) is 0 Å². The van der Waals surface area contributed by atoms with Crippen molar-refractivity contribution in [3.8, 4) is 5.75 Å². The van der Waals surface area contributed by atoms with Crippen LogP contribution in [-0.4, -0.2) is 5.11 Å². The Kier molecular flexibility index (Phi) is 2.59. The number of para-hydroxylation sites is 1. The third-order valence-corrected chi connectivity index (χ3v) is 2.27. The third kappa shape index (κ3) is 2.29. The number of anilines is 1. The Balaban J connectivity index is 2.26. The second-order valence-corrected chi connectivity index (χ2v) is 3.46. The van der Waals surface area contributed by atoms with Gasteiger partial charge < -0.3 is 10.8 Å². The number of rotatable bonds is 2. The predicted molar refractivity (Wildman–Crippen MR) is 60.6 cm³/mol. The molecule has 0 saturated heterocycles. The van der Waals surface area contributed by atoms with Crippen LogP contribution in [0.5, 0.6) is 5.75 Å². The Labute approximate surface area is 89.0 Å². The third-order valence-electron chi connectivity index (χ3n) is 2.27. The van der Waals surface area contributed by atoms with Gasteiger partial charge in [-0.2, -0.15) is 0 Å². The molecule has 0 aliphatic heterocycles. The van der Waals surface area contributed by atoms with E-state index in [0.717, 1.165) is 11.1 Å². The van der Waals surface area contributed by atoms with Gasteiger partial charge in [-0.3, -0.25) is 0 Å².